The van der Waals surface area contributed by atoms with Crippen molar-refractivity contribution < 1.29 is 9.53 Å². The summed E-state index contributed by atoms with van der Waals surface area (Å²) >= 11 is 1.81. The predicted octanol–water partition coefficient (Wildman–Crippen LogP) is 5.53. The molecule has 1 amide bonds. The number of rotatable bonds is 6. The summed E-state index contributed by atoms with van der Waals surface area (Å²) in [5, 5.41) is 3.24. The first kappa shape index (κ1) is 20.4. The summed E-state index contributed by atoms with van der Waals surface area (Å²) in [7, 11) is 1.67. The van der Waals surface area contributed by atoms with E-state index in [0.717, 1.165) is 46.0 Å². The van der Waals surface area contributed by atoms with Crippen molar-refractivity contribution in [3.05, 3.63) is 113 Å². The fourth-order valence-corrected chi connectivity index (χ4v) is 5.32. The molecule has 6 heteroatoms. The van der Waals surface area contributed by atoms with Crippen LogP contribution in [0.1, 0.15) is 38.1 Å². The van der Waals surface area contributed by atoms with Crippen molar-refractivity contribution >= 4 is 23.4 Å². The van der Waals surface area contributed by atoms with Gasteiger partial charge in [-0.05, 0) is 53.9 Å². The molecule has 5 rings (SSSR count). The molecule has 2 aromatic carbocycles. The summed E-state index contributed by atoms with van der Waals surface area (Å²) in [6, 6.07) is 22.0. The number of amides is 1. The fraction of sp³-hybridized carbons (Fsp3) is 0.154. The highest BCUT2D eigenvalue weighted by molar-refractivity contribution is 7.99. The van der Waals surface area contributed by atoms with E-state index in [4.69, 9.17) is 4.74 Å². The highest BCUT2D eigenvalue weighted by Crippen LogP contribution is 2.41. The molecule has 0 saturated carbocycles. The van der Waals surface area contributed by atoms with Crippen LogP contribution in [0.4, 0.5) is 5.69 Å². The van der Waals surface area contributed by atoms with Gasteiger partial charge in [-0.15, -0.1) is 11.8 Å². The summed E-state index contributed by atoms with van der Waals surface area (Å²) in [6.45, 7) is 0. The van der Waals surface area contributed by atoms with E-state index >= 15 is 0 Å². The van der Waals surface area contributed by atoms with Crippen LogP contribution in [-0.2, 0) is 12.2 Å². The van der Waals surface area contributed by atoms with Crippen LogP contribution in [-0.4, -0.2) is 22.6 Å². The third-order valence-electron chi connectivity index (χ3n) is 5.62. The molecule has 1 atom stereocenters. The van der Waals surface area contributed by atoms with Gasteiger partial charge >= 0.3 is 0 Å². The van der Waals surface area contributed by atoms with E-state index in [9.17, 15) is 4.79 Å². The Morgan fingerprint density at radius 2 is 2.00 bits per heavy atom. The quantitative estimate of drug-likeness (QED) is 0.428. The topological polar surface area (TPSA) is 56.1 Å². The molecule has 32 heavy (non-hydrogen) atoms. The number of hydrogen-bond acceptors (Lipinski definition) is 4. The van der Waals surface area contributed by atoms with Gasteiger partial charge in [0.15, 0.2) is 0 Å². The number of methoxy groups -OCH3 is 1. The van der Waals surface area contributed by atoms with E-state index in [1.807, 2.05) is 66.6 Å². The van der Waals surface area contributed by atoms with Crippen molar-refractivity contribution in [2.75, 3.05) is 12.4 Å². The number of nitrogens with zero attached hydrogens (tertiary/aromatic N) is 2. The Morgan fingerprint density at radius 1 is 1.12 bits per heavy atom. The lowest BCUT2D eigenvalue weighted by molar-refractivity contribution is 0.102. The number of nitrogens with one attached hydrogen (secondary N) is 1. The smallest absolute Gasteiger partial charge is 0.257 e. The van der Waals surface area contributed by atoms with Gasteiger partial charge in [0.05, 0.1) is 12.7 Å². The monoisotopic (exact) mass is 441 g/mol. The number of aromatic nitrogens is 2. The number of hydrogen-bond donors (Lipinski definition) is 1. The molecule has 0 fully saturated rings. The summed E-state index contributed by atoms with van der Waals surface area (Å²) in [6.07, 6.45) is 6.46. The zero-order valence-electron chi connectivity index (χ0n) is 17.7. The number of benzene rings is 2. The number of ether oxygens (including phenoxy) is 1. The van der Waals surface area contributed by atoms with Crippen LogP contribution >= 0.6 is 11.8 Å². The lowest BCUT2D eigenvalue weighted by Crippen LogP contribution is -2.13. The van der Waals surface area contributed by atoms with Gasteiger partial charge in [-0.25, -0.2) is 0 Å². The maximum Gasteiger partial charge on any atom is 0.257 e. The number of thioether (sulfide) groups is 1. The maximum absolute atomic E-state index is 13.1. The molecule has 4 aromatic rings. The second kappa shape index (κ2) is 8.93. The zero-order chi connectivity index (χ0) is 21.9. The second-order valence-electron chi connectivity index (χ2n) is 7.71. The van der Waals surface area contributed by atoms with E-state index in [-0.39, 0.29) is 11.3 Å². The first-order chi connectivity index (χ1) is 15.7. The van der Waals surface area contributed by atoms with E-state index in [2.05, 4.69) is 39.1 Å². The van der Waals surface area contributed by atoms with Gasteiger partial charge in [-0.1, -0.05) is 30.3 Å². The maximum atomic E-state index is 13.1. The summed E-state index contributed by atoms with van der Waals surface area (Å²) in [5.41, 5.74) is 6.06. The van der Waals surface area contributed by atoms with Crippen molar-refractivity contribution in [2.45, 2.75) is 17.5 Å². The molecule has 5 nitrogen and oxygen atoms in total. The van der Waals surface area contributed by atoms with Crippen molar-refractivity contribution in [3.8, 4) is 5.75 Å². The van der Waals surface area contributed by atoms with Gasteiger partial charge < -0.3 is 14.6 Å². The zero-order valence-corrected chi connectivity index (χ0v) is 18.5. The van der Waals surface area contributed by atoms with Crippen molar-refractivity contribution in [3.63, 3.8) is 0 Å². The molecule has 0 saturated heterocycles. The fourth-order valence-electron chi connectivity index (χ4n) is 4.01. The molecule has 0 aliphatic carbocycles. The normalized spacial score (nSPS) is 14.7. The van der Waals surface area contributed by atoms with Crippen molar-refractivity contribution in [2.24, 2.45) is 0 Å². The molecule has 1 unspecified atom stereocenters. The van der Waals surface area contributed by atoms with Crippen LogP contribution in [0.25, 0.3) is 0 Å². The molecule has 160 valence electrons. The standard InChI is InChI=1S/C26H23N3O2S/c1-31-22-9-7-18(8-10-22)14-19-4-2-6-21(15-19)28-25(30)23-11-13-29-24(23)17-32-26(29)20-5-3-12-27-16-20/h2-13,15-16,26H,14,17H2,1H3,(H,28,30). The van der Waals surface area contributed by atoms with Crippen LogP contribution < -0.4 is 10.1 Å². The number of fused-ring (bicyclic) bond motifs is 1. The molecule has 0 spiro atoms. The third kappa shape index (κ3) is 4.14. The number of carbonyl (C=O) groups is 1. The molecule has 3 heterocycles. The minimum absolute atomic E-state index is 0.0761. The molecular formula is C26H23N3O2S. The second-order valence-corrected chi connectivity index (χ2v) is 8.78. The Bertz CT molecular complexity index is 1240. The SMILES string of the molecule is COc1ccc(Cc2cccc(NC(=O)c3ccn4c3CSC4c3cccnc3)c2)cc1. The summed E-state index contributed by atoms with van der Waals surface area (Å²) < 4.78 is 7.40. The van der Waals surface area contributed by atoms with E-state index < -0.39 is 0 Å². The van der Waals surface area contributed by atoms with Crippen LogP contribution in [0.5, 0.6) is 5.75 Å². The van der Waals surface area contributed by atoms with E-state index in [1.165, 1.54) is 5.56 Å². The highest BCUT2D eigenvalue weighted by atomic mass is 32.2. The summed E-state index contributed by atoms with van der Waals surface area (Å²) in [5.74, 6) is 1.57. The Balaban J connectivity index is 1.30. The molecule has 2 aromatic heterocycles. The van der Waals surface area contributed by atoms with Gasteiger partial charge in [0, 0.05) is 41.3 Å². The van der Waals surface area contributed by atoms with Crippen molar-refractivity contribution in [1.29, 1.82) is 0 Å². The van der Waals surface area contributed by atoms with Crippen LogP contribution in [0.3, 0.4) is 0 Å². The molecule has 1 aliphatic rings. The lowest BCUT2D eigenvalue weighted by atomic mass is 10.0. The lowest BCUT2D eigenvalue weighted by Gasteiger charge is -2.12. The highest BCUT2D eigenvalue weighted by Gasteiger charge is 2.28. The number of pyridine rings is 1. The Labute approximate surface area is 191 Å². The number of carbonyl (C=O) groups excluding carboxylic acids is 1. The molecule has 1 aliphatic heterocycles. The van der Waals surface area contributed by atoms with Gasteiger partial charge in [-0.3, -0.25) is 9.78 Å². The van der Waals surface area contributed by atoms with Crippen LogP contribution in [0.2, 0.25) is 0 Å². The molecule has 1 N–H and O–H groups in total. The minimum atomic E-state index is -0.0761. The van der Waals surface area contributed by atoms with Crippen molar-refractivity contribution in [1.82, 2.24) is 9.55 Å². The molecule has 0 bridgehead atoms. The largest absolute Gasteiger partial charge is 0.497 e. The van der Waals surface area contributed by atoms with Crippen LogP contribution in [0.15, 0.2) is 85.3 Å². The summed E-state index contributed by atoms with van der Waals surface area (Å²) in [4.78, 5) is 17.3. The number of anilines is 1. The first-order valence-electron chi connectivity index (χ1n) is 10.5. The van der Waals surface area contributed by atoms with Gasteiger partial charge in [0.1, 0.15) is 11.1 Å². The average molecular weight is 442 g/mol. The third-order valence-corrected chi connectivity index (χ3v) is 6.88. The molecule has 0 radical (unpaired) electrons. The Hall–Kier alpha value is -3.51. The molecular weight excluding hydrogens is 418 g/mol. The first-order valence-corrected chi connectivity index (χ1v) is 11.5. The van der Waals surface area contributed by atoms with Crippen LogP contribution in [0, 0.1) is 0 Å². The van der Waals surface area contributed by atoms with E-state index in [0.29, 0.717) is 0 Å². The average Bonchev–Trinajstić information content (AvgIpc) is 3.43. The Kier molecular flexibility index (Phi) is 5.69. The Morgan fingerprint density at radius 3 is 2.78 bits per heavy atom. The van der Waals surface area contributed by atoms with Gasteiger partial charge in [0.2, 0.25) is 0 Å². The van der Waals surface area contributed by atoms with Gasteiger partial charge in [-0.2, -0.15) is 0 Å². The predicted molar refractivity (Wildman–Crippen MR) is 128 cm³/mol. The minimum Gasteiger partial charge on any atom is -0.497 e. The van der Waals surface area contributed by atoms with E-state index in [1.54, 1.807) is 13.3 Å². The van der Waals surface area contributed by atoms with Gasteiger partial charge in [0.25, 0.3) is 5.91 Å².